The zero-order valence-corrected chi connectivity index (χ0v) is 13.7. The van der Waals surface area contributed by atoms with Crippen molar-refractivity contribution in [2.24, 2.45) is 5.73 Å². The topological polar surface area (TPSA) is 70.3 Å². The van der Waals surface area contributed by atoms with Gasteiger partial charge in [0.05, 0.1) is 13.2 Å². The van der Waals surface area contributed by atoms with Gasteiger partial charge in [-0.3, -0.25) is 0 Å². The fourth-order valence-electron chi connectivity index (χ4n) is 2.95. The largest absolute Gasteiger partial charge is 0.347 e. The molecule has 2 heterocycles. The maximum absolute atomic E-state index is 6.30. The highest BCUT2D eigenvalue weighted by atomic mass is 32.2. The van der Waals surface area contributed by atoms with Gasteiger partial charge in [-0.15, -0.1) is 0 Å². The maximum Gasteiger partial charge on any atom is 0.188 e. The van der Waals surface area contributed by atoms with Crippen LogP contribution in [0.5, 0.6) is 0 Å². The fourth-order valence-corrected chi connectivity index (χ4v) is 4.25. The van der Waals surface area contributed by atoms with Crippen molar-refractivity contribution in [1.29, 1.82) is 0 Å². The summed E-state index contributed by atoms with van der Waals surface area (Å²) >= 11 is 1.66. The minimum atomic E-state index is -0.414. The number of hydrogen-bond donors (Lipinski definition) is 1. The SMILES string of the molecule is Cc1nc(SC2CC3(CCC2N)OCCO3)nc(C)c1C. The molecule has 2 aliphatic rings. The molecule has 1 aliphatic carbocycles. The van der Waals surface area contributed by atoms with Crippen LogP contribution in [0.25, 0.3) is 0 Å². The molecule has 2 unspecified atom stereocenters. The van der Waals surface area contributed by atoms with Gasteiger partial charge in [-0.05, 0) is 32.8 Å². The van der Waals surface area contributed by atoms with Gasteiger partial charge in [0.25, 0.3) is 0 Å². The number of aromatic nitrogens is 2. The molecule has 1 spiro atoms. The molecule has 0 bridgehead atoms. The number of ether oxygens (including phenoxy) is 2. The summed E-state index contributed by atoms with van der Waals surface area (Å²) < 4.78 is 11.7. The highest BCUT2D eigenvalue weighted by Gasteiger charge is 2.44. The van der Waals surface area contributed by atoms with Crippen molar-refractivity contribution in [3.8, 4) is 0 Å². The lowest BCUT2D eigenvalue weighted by Crippen LogP contribution is -2.47. The van der Waals surface area contributed by atoms with E-state index in [9.17, 15) is 0 Å². The second-order valence-electron chi connectivity index (χ2n) is 5.97. The number of aryl methyl sites for hydroxylation is 2. The number of nitrogens with zero attached hydrogens (tertiary/aromatic N) is 2. The van der Waals surface area contributed by atoms with E-state index >= 15 is 0 Å². The van der Waals surface area contributed by atoms with E-state index in [0.29, 0.717) is 13.2 Å². The van der Waals surface area contributed by atoms with Crippen molar-refractivity contribution in [3.63, 3.8) is 0 Å². The molecule has 0 amide bonds. The van der Waals surface area contributed by atoms with Crippen LogP contribution in [0, 0.1) is 20.8 Å². The molecular formula is C15H23N3O2S. The summed E-state index contributed by atoms with van der Waals surface area (Å²) in [6, 6.07) is 0.138. The standard InChI is InChI=1S/C15H23N3O2S/c1-9-10(2)17-14(18-11(9)3)21-13-8-15(5-4-12(13)16)19-6-7-20-15/h12-13H,4-8,16H2,1-3H3. The van der Waals surface area contributed by atoms with E-state index in [4.69, 9.17) is 15.2 Å². The lowest BCUT2D eigenvalue weighted by Gasteiger charge is -2.39. The van der Waals surface area contributed by atoms with Crippen LogP contribution in [0.15, 0.2) is 5.16 Å². The van der Waals surface area contributed by atoms with E-state index in [1.165, 1.54) is 0 Å². The quantitative estimate of drug-likeness (QED) is 0.844. The molecule has 0 aromatic carbocycles. The van der Waals surface area contributed by atoms with E-state index in [1.54, 1.807) is 11.8 Å². The molecule has 1 aliphatic heterocycles. The van der Waals surface area contributed by atoms with Gasteiger partial charge < -0.3 is 15.2 Å². The first-order chi connectivity index (χ1) is 9.99. The Balaban J connectivity index is 1.76. The van der Waals surface area contributed by atoms with Gasteiger partial charge >= 0.3 is 0 Å². The highest BCUT2D eigenvalue weighted by Crippen LogP contribution is 2.41. The van der Waals surface area contributed by atoms with Crippen LogP contribution in [-0.2, 0) is 9.47 Å². The third-order valence-corrected chi connectivity index (χ3v) is 5.74. The van der Waals surface area contributed by atoms with Crippen molar-refractivity contribution in [1.82, 2.24) is 9.97 Å². The predicted molar refractivity (Wildman–Crippen MR) is 82.3 cm³/mol. The minimum absolute atomic E-state index is 0.138. The molecular weight excluding hydrogens is 286 g/mol. The first-order valence-corrected chi connectivity index (χ1v) is 8.39. The molecule has 2 atom stereocenters. The van der Waals surface area contributed by atoms with Crippen LogP contribution >= 0.6 is 11.8 Å². The van der Waals surface area contributed by atoms with E-state index in [2.05, 4.69) is 16.9 Å². The highest BCUT2D eigenvalue weighted by molar-refractivity contribution is 7.99. The molecule has 1 saturated carbocycles. The van der Waals surface area contributed by atoms with Crippen LogP contribution < -0.4 is 5.73 Å². The number of hydrogen-bond acceptors (Lipinski definition) is 6. The lowest BCUT2D eigenvalue weighted by atomic mass is 9.90. The molecule has 21 heavy (non-hydrogen) atoms. The average Bonchev–Trinajstić information content (AvgIpc) is 2.89. The smallest absolute Gasteiger partial charge is 0.188 e. The zero-order chi connectivity index (χ0) is 15.0. The van der Waals surface area contributed by atoms with Crippen LogP contribution in [0.4, 0.5) is 0 Å². The zero-order valence-electron chi connectivity index (χ0n) is 12.9. The molecule has 1 aromatic heterocycles. The van der Waals surface area contributed by atoms with Gasteiger partial charge in [0.2, 0.25) is 0 Å². The van der Waals surface area contributed by atoms with Gasteiger partial charge in [0.1, 0.15) is 0 Å². The Hall–Kier alpha value is -0.690. The van der Waals surface area contributed by atoms with Crippen molar-refractivity contribution < 1.29 is 9.47 Å². The van der Waals surface area contributed by atoms with Crippen molar-refractivity contribution in [2.45, 2.75) is 62.3 Å². The molecule has 2 N–H and O–H groups in total. The van der Waals surface area contributed by atoms with Crippen LogP contribution in [0.1, 0.15) is 36.2 Å². The van der Waals surface area contributed by atoms with Crippen molar-refractivity contribution in [3.05, 3.63) is 17.0 Å². The first-order valence-electron chi connectivity index (χ1n) is 7.51. The Morgan fingerprint density at radius 1 is 1.14 bits per heavy atom. The van der Waals surface area contributed by atoms with E-state index in [1.807, 2.05) is 13.8 Å². The number of rotatable bonds is 2. The van der Waals surface area contributed by atoms with Gasteiger partial charge in [-0.2, -0.15) is 0 Å². The van der Waals surface area contributed by atoms with Gasteiger partial charge in [0, 0.05) is 35.5 Å². The monoisotopic (exact) mass is 309 g/mol. The molecule has 3 rings (SSSR count). The van der Waals surface area contributed by atoms with Gasteiger partial charge in [0.15, 0.2) is 10.9 Å². The normalized spacial score (nSPS) is 28.2. The number of nitrogens with two attached hydrogens (primary N) is 1. The van der Waals surface area contributed by atoms with Crippen LogP contribution in [0.2, 0.25) is 0 Å². The van der Waals surface area contributed by atoms with E-state index < -0.39 is 5.79 Å². The summed E-state index contributed by atoms with van der Waals surface area (Å²) in [5.41, 5.74) is 9.53. The van der Waals surface area contributed by atoms with Gasteiger partial charge in [-0.1, -0.05) is 11.8 Å². The summed E-state index contributed by atoms with van der Waals surface area (Å²) in [5, 5.41) is 1.05. The van der Waals surface area contributed by atoms with Crippen molar-refractivity contribution in [2.75, 3.05) is 13.2 Å². The molecule has 1 aromatic rings. The Kier molecular flexibility index (Phi) is 4.23. The summed E-state index contributed by atoms with van der Waals surface area (Å²) in [5.74, 6) is -0.414. The fraction of sp³-hybridized carbons (Fsp3) is 0.733. The van der Waals surface area contributed by atoms with E-state index in [-0.39, 0.29) is 11.3 Å². The second kappa shape index (κ2) is 5.83. The van der Waals surface area contributed by atoms with Crippen molar-refractivity contribution >= 4 is 11.8 Å². The molecule has 116 valence electrons. The second-order valence-corrected chi connectivity index (χ2v) is 7.18. The average molecular weight is 309 g/mol. The summed E-state index contributed by atoms with van der Waals surface area (Å²) in [6.45, 7) is 7.48. The molecule has 5 nitrogen and oxygen atoms in total. The molecule has 0 radical (unpaired) electrons. The summed E-state index contributed by atoms with van der Waals surface area (Å²) in [7, 11) is 0. The van der Waals surface area contributed by atoms with E-state index in [0.717, 1.165) is 41.4 Å². The maximum atomic E-state index is 6.30. The molecule has 1 saturated heterocycles. The summed E-state index contributed by atoms with van der Waals surface area (Å²) in [6.07, 6.45) is 2.62. The van der Waals surface area contributed by atoms with Crippen LogP contribution in [0.3, 0.4) is 0 Å². The molecule has 6 heteroatoms. The van der Waals surface area contributed by atoms with Gasteiger partial charge in [-0.25, -0.2) is 9.97 Å². The Morgan fingerprint density at radius 2 is 1.76 bits per heavy atom. The molecule has 2 fully saturated rings. The Morgan fingerprint density at radius 3 is 2.38 bits per heavy atom. The number of thioether (sulfide) groups is 1. The third kappa shape index (κ3) is 3.08. The van der Waals surface area contributed by atoms with Crippen LogP contribution in [-0.4, -0.2) is 40.3 Å². The Bertz CT molecular complexity index is 509. The first kappa shape index (κ1) is 15.2. The minimum Gasteiger partial charge on any atom is -0.347 e. The Labute approximate surface area is 130 Å². The summed E-state index contributed by atoms with van der Waals surface area (Å²) in [4.78, 5) is 9.18. The lowest BCUT2D eigenvalue weighted by molar-refractivity contribution is -0.176. The predicted octanol–water partition coefficient (Wildman–Crippen LogP) is 2.12. The third-order valence-electron chi connectivity index (χ3n) is 4.53.